The van der Waals surface area contributed by atoms with Crippen LogP contribution in [0.4, 0.5) is 0 Å². The van der Waals surface area contributed by atoms with Crippen LogP contribution in [0.1, 0.15) is 25.8 Å². The number of thiophene rings is 2. The van der Waals surface area contributed by atoms with Gasteiger partial charge in [0.25, 0.3) is 5.91 Å². The van der Waals surface area contributed by atoms with Gasteiger partial charge in [0, 0.05) is 35.0 Å². The lowest BCUT2D eigenvalue weighted by Gasteiger charge is -2.26. The number of amides is 1. The van der Waals surface area contributed by atoms with Crippen molar-refractivity contribution in [2.75, 3.05) is 26.3 Å². The summed E-state index contributed by atoms with van der Waals surface area (Å²) in [4.78, 5) is 20.7. The van der Waals surface area contributed by atoms with Gasteiger partial charge < -0.3 is 15.0 Å². The van der Waals surface area contributed by atoms with Gasteiger partial charge in [0.1, 0.15) is 5.69 Å². The van der Waals surface area contributed by atoms with E-state index < -0.39 is 0 Å². The SMILES string of the molecule is Cc1sc2cc(C(=O)NCc3cccs3)[nH]c2c1CN1CCOCC1. The molecule has 0 saturated carbocycles. The molecule has 4 heterocycles. The predicted molar refractivity (Wildman–Crippen MR) is 102 cm³/mol. The lowest BCUT2D eigenvalue weighted by molar-refractivity contribution is 0.0343. The topological polar surface area (TPSA) is 57.4 Å². The molecule has 132 valence electrons. The Kier molecular flexibility index (Phi) is 4.89. The zero-order valence-electron chi connectivity index (χ0n) is 14.1. The Morgan fingerprint density at radius 2 is 2.24 bits per heavy atom. The van der Waals surface area contributed by atoms with Gasteiger partial charge in [-0.3, -0.25) is 9.69 Å². The Bertz CT molecular complexity index is 861. The van der Waals surface area contributed by atoms with Crippen molar-refractivity contribution in [1.29, 1.82) is 0 Å². The van der Waals surface area contributed by atoms with E-state index >= 15 is 0 Å². The Morgan fingerprint density at radius 1 is 1.40 bits per heavy atom. The Balaban J connectivity index is 1.50. The molecule has 25 heavy (non-hydrogen) atoms. The van der Waals surface area contributed by atoms with Gasteiger partial charge >= 0.3 is 0 Å². The summed E-state index contributed by atoms with van der Waals surface area (Å²) in [6.07, 6.45) is 0. The minimum absolute atomic E-state index is 0.0493. The number of fused-ring (bicyclic) bond motifs is 1. The molecule has 0 radical (unpaired) electrons. The van der Waals surface area contributed by atoms with Crippen LogP contribution in [-0.4, -0.2) is 42.1 Å². The maximum Gasteiger partial charge on any atom is 0.268 e. The summed E-state index contributed by atoms with van der Waals surface area (Å²) in [5.41, 5.74) is 3.05. The zero-order valence-corrected chi connectivity index (χ0v) is 15.8. The fourth-order valence-corrected chi connectivity index (χ4v) is 4.83. The molecule has 7 heteroatoms. The zero-order chi connectivity index (χ0) is 17.2. The van der Waals surface area contributed by atoms with Crippen LogP contribution in [0.2, 0.25) is 0 Å². The van der Waals surface area contributed by atoms with E-state index in [1.807, 2.05) is 23.6 Å². The maximum atomic E-state index is 12.4. The van der Waals surface area contributed by atoms with E-state index in [4.69, 9.17) is 4.74 Å². The van der Waals surface area contributed by atoms with Crippen LogP contribution in [0.3, 0.4) is 0 Å². The van der Waals surface area contributed by atoms with E-state index in [0.29, 0.717) is 12.2 Å². The van der Waals surface area contributed by atoms with Gasteiger partial charge in [-0.05, 0) is 24.4 Å². The van der Waals surface area contributed by atoms with Crippen LogP contribution >= 0.6 is 22.7 Å². The summed E-state index contributed by atoms with van der Waals surface area (Å²) in [7, 11) is 0. The minimum Gasteiger partial charge on any atom is -0.379 e. The Morgan fingerprint density at radius 3 is 3.00 bits per heavy atom. The van der Waals surface area contributed by atoms with Crippen molar-refractivity contribution < 1.29 is 9.53 Å². The van der Waals surface area contributed by atoms with Gasteiger partial charge in [-0.25, -0.2) is 0 Å². The van der Waals surface area contributed by atoms with Crippen molar-refractivity contribution >= 4 is 38.8 Å². The second-order valence-electron chi connectivity index (χ2n) is 6.21. The molecule has 0 spiro atoms. The number of aromatic nitrogens is 1. The fourth-order valence-electron chi connectivity index (χ4n) is 3.11. The average Bonchev–Trinajstić information content (AvgIpc) is 3.33. The second-order valence-corrected chi connectivity index (χ2v) is 8.50. The van der Waals surface area contributed by atoms with Crippen LogP contribution in [0.25, 0.3) is 10.2 Å². The molecular formula is C18H21N3O2S2. The maximum absolute atomic E-state index is 12.4. The number of H-pyrrole nitrogens is 1. The smallest absolute Gasteiger partial charge is 0.268 e. The highest BCUT2D eigenvalue weighted by molar-refractivity contribution is 7.19. The van der Waals surface area contributed by atoms with Crippen molar-refractivity contribution in [2.45, 2.75) is 20.0 Å². The molecule has 0 aromatic carbocycles. The fraction of sp³-hybridized carbons (Fsp3) is 0.389. The van der Waals surface area contributed by atoms with E-state index in [-0.39, 0.29) is 5.91 Å². The molecule has 1 aliphatic heterocycles. The van der Waals surface area contributed by atoms with Crippen molar-refractivity contribution in [3.63, 3.8) is 0 Å². The molecule has 0 atom stereocenters. The van der Waals surface area contributed by atoms with Gasteiger partial charge in [0.05, 0.1) is 30.0 Å². The number of nitrogens with one attached hydrogen (secondary N) is 2. The Labute approximate surface area is 154 Å². The van der Waals surface area contributed by atoms with Crippen molar-refractivity contribution in [1.82, 2.24) is 15.2 Å². The van der Waals surface area contributed by atoms with E-state index in [1.54, 1.807) is 22.7 Å². The van der Waals surface area contributed by atoms with Gasteiger partial charge in [-0.2, -0.15) is 0 Å². The molecule has 0 bridgehead atoms. The van der Waals surface area contributed by atoms with E-state index in [9.17, 15) is 4.79 Å². The first-order valence-electron chi connectivity index (χ1n) is 8.42. The molecule has 0 aliphatic carbocycles. The van der Waals surface area contributed by atoms with Crippen LogP contribution < -0.4 is 5.32 Å². The monoisotopic (exact) mass is 375 g/mol. The molecule has 5 nitrogen and oxygen atoms in total. The summed E-state index contributed by atoms with van der Waals surface area (Å²) in [6, 6.07) is 6.00. The highest BCUT2D eigenvalue weighted by Gasteiger charge is 2.19. The number of morpholine rings is 1. The molecule has 1 saturated heterocycles. The van der Waals surface area contributed by atoms with Crippen LogP contribution in [0.15, 0.2) is 23.6 Å². The third-order valence-electron chi connectivity index (χ3n) is 4.50. The summed E-state index contributed by atoms with van der Waals surface area (Å²) in [5, 5.41) is 5.01. The number of rotatable bonds is 5. The van der Waals surface area contributed by atoms with E-state index in [0.717, 1.165) is 47.9 Å². The number of ether oxygens (including phenoxy) is 1. The van der Waals surface area contributed by atoms with Crippen LogP contribution in [0, 0.1) is 6.92 Å². The Hall–Kier alpha value is -1.67. The first-order chi connectivity index (χ1) is 12.2. The highest BCUT2D eigenvalue weighted by atomic mass is 32.1. The number of nitrogens with zero attached hydrogens (tertiary/aromatic N) is 1. The molecule has 2 N–H and O–H groups in total. The van der Waals surface area contributed by atoms with Gasteiger partial charge in [-0.15, -0.1) is 22.7 Å². The molecule has 0 unspecified atom stereocenters. The standard InChI is InChI=1S/C18H21N3O2S2/c1-12-14(11-21-4-6-23-7-5-21)17-16(25-12)9-15(20-17)18(22)19-10-13-3-2-8-24-13/h2-3,8-9,20H,4-7,10-11H2,1H3,(H,19,22). The number of aromatic amines is 1. The molecule has 4 rings (SSSR count). The van der Waals surface area contributed by atoms with Gasteiger partial charge in [-0.1, -0.05) is 6.07 Å². The number of hydrogen-bond donors (Lipinski definition) is 2. The molecular weight excluding hydrogens is 354 g/mol. The number of aryl methyl sites for hydroxylation is 1. The lowest BCUT2D eigenvalue weighted by atomic mass is 10.2. The van der Waals surface area contributed by atoms with Gasteiger partial charge in [0.15, 0.2) is 0 Å². The first kappa shape index (κ1) is 16.8. The summed E-state index contributed by atoms with van der Waals surface area (Å²) in [5.74, 6) is -0.0493. The van der Waals surface area contributed by atoms with Gasteiger partial charge in [0.2, 0.25) is 0 Å². The highest BCUT2D eigenvalue weighted by Crippen LogP contribution is 2.32. The van der Waals surface area contributed by atoms with Crippen molar-refractivity contribution in [2.24, 2.45) is 0 Å². The quantitative estimate of drug-likeness (QED) is 0.719. The largest absolute Gasteiger partial charge is 0.379 e. The minimum atomic E-state index is -0.0493. The normalized spacial score (nSPS) is 15.7. The molecule has 3 aromatic heterocycles. The van der Waals surface area contributed by atoms with Crippen molar-refractivity contribution in [3.8, 4) is 0 Å². The number of carbonyl (C=O) groups excluding carboxylic acids is 1. The predicted octanol–water partition coefficient (Wildman–Crippen LogP) is 3.36. The molecule has 1 aliphatic rings. The van der Waals surface area contributed by atoms with Crippen LogP contribution in [-0.2, 0) is 17.8 Å². The number of hydrogen-bond acceptors (Lipinski definition) is 5. The lowest BCUT2D eigenvalue weighted by Crippen LogP contribution is -2.35. The summed E-state index contributed by atoms with van der Waals surface area (Å²) >= 11 is 3.41. The second kappa shape index (κ2) is 7.29. The molecule has 1 fully saturated rings. The van der Waals surface area contributed by atoms with E-state index in [2.05, 4.69) is 22.1 Å². The third kappa shape index (κ3) is 3.64. The van der Waals surface area contributed by atoms with Crippen LogP contribution in [0.5, 0.6) is 0 Å². The summed E-state index contributed by atoms with van der Waals surface area (Å²) < 4.78 is 6.59. The number of carbonyl (C=O) groups is 1. The summed E-state index contributed by atoms with van der Waals surface area (Å²) in [6.45, 7) is 7.16. The molecule has 3 aromatic rings. The first-order valence-corrected chi connectivity index (χ1v) is 10.1. The van der Waals surface area contributed by atoms with Crippen molar-refractivity contribution in [3.05, 3.63) is 44.6 Å². The molecule has 1 amide bonds. The average molecular weight is 376 g/mol. The third-order valence-corrected chi connectivity index (χ3v) is 6.48. The van der Waals surface area contributed by atoms with E-state index in [1.165, 1.54) is 10.4 Å².